The second-order valence-corrected chi connectivity index (χ2v) is 5.37. The molecule has 0 saturated carbocycles. The Bertz CT molecular complexity index is 616. The molecule has 1 aliphatic heterocycles. The summed E-state index contributed by atoms with van der Waals surface area (Å²) in [4.78, 5) is 2.22. The van der Waals surface area contributed by atoms with Crippen LogP contribution in [0.2, 0.25) is 0 Å². The van der Waals surface area contributed by atoms with Crippen LogP contribution in [0.3, 0.4) is 0 Å². The molecule has 0 N–H and O–H groups in total. The first kappa shape index (κ1) is 12.1. The van der Waals surface area contributed by atoms with Crippen molar-refractivity contribution in [2.45, 2.75) is 27.7 Å². The van der Waals surface area contributed by atoms with Gasteiger partial charge in [-0.25, -0.2) is 0 Å². The maximum atomic E-state index is 6.23. The first-order chi connectivity index (χ1) is 9.00. The van der Waals surface area contributed by atoms with Gasteiger partial charge in [-0.3, -0.25) is 0 Å². The van der Waals surface area contributed by atoms with E-state index in [9.17, 15) is 0 Å². The molecule has 19 heavy (non-hydrogen) atoms. The average Bonchev–Trinajstić information content (AvgIpc) is 2.39. The Balaban J connectivity index is 2.26. The van der Waals surface area contributed by atoms with Crippen molar-refractivity contribution in [1.82, 2.24) is 0 Å². The first-order valence-corrected chi connectivity index (χ1v) is 6.62. The van der Waals surface area contributed by atoms with Crippen molar-refractivity contribution < 1.29 is 4.74 Å². The third kappa shape index (κ3) is 1.63. The lowest BCUT2D eigenvalue weighted by Crippen LogP contribution is -2.17. The Morgan fingerprint density at radius 1 is 0.737 bits per heavy atom. The predicted octanol–water partition coefficient (Wildman–Crippen LogP) is 4.79. The largest absolute Gasteiger partial charge is 0.452 e. The summed E-state index contributed by atoms with van der Waals surface area (Å²) in [5, 5.41) is 0. The zero-order valence-electron chi connectivity index (χ0n) is 12.2. The highest BCUT2D eigenvalue weighted by Crippen LogP contribution is 2.49. The van der Waals surface area contributed by atoms with E-state index in [0.29, 0.717) is 0 Å². The molecule has 1 heterocycles. The molecule has 0 atom stereocenters. The molecule has 0 spiro atoms. The number of nitrogens with zero attached hydrogens (tertiary/aromatic N) is 1. The number of hydrogen-bond donors (Lipinski definition) is 0. The lowest BCUT2D eigenvalue weighted by atomic mass is 10.0. The lowest BCUT2D eigenvalue weighted by Gasteiger charge is -2.32. The summed E-state index contributed by atoms with van der Waals surface area (Å²) < 4.78 is 6.23. The Labute approximate surface area is 114 Å². The maximum Gasteiger partial charge on any atom is 0.154 e. The molecule has 2 nitrogen and oxygen atoms in total. The molecule has 2 aromatic rings. The fourth-order valence-corrected chi connectivity index (χ4v) is 2.57. The van der Waals surface area contributed by atoms with Crippen molar-refractivity contribution in [3.63, 3.8) is 0 Å². The molecule has 0 fully saturated rings. The molecule has 0 radical (unpaired) electrons. The minimum absolute atomic E-state index is 0.990. The number of anilines is 2. The summed E-state index contributed by atoms with van der Waals surface area (Å²) in [7, 11) is 2.10. The van der Waals surface area contributed by atoms with Gasteiger partial charge in [0.1, 0.15) is 0 Å². The fourth-order valence-electron chi connectivity index (χ4n) is 2.57. The molecular weight excluding hydrogens is 234 g/mol. The zero-order chi connectivity index (χ0) is 13.7. The van der Waals surface area contributed by atoms with Crippen LogP contribution in [0.25, 0.3) is 0 Å². The quantitative estimate of drug-likeness (QED) is 0.669. The van der Waals surface area contributed by atoms with E-state index in [-0.39, 0.29) is 0 Å². The first-order valence-electron chi connectivity index (χ1n) is 6.62. The van der Waals surface area contributed by atoms with Crippen LogP contribution in [0.5, 0.6) is 11.5 Å². The topological polar surface area (TPSA) is 12.5 Å². The number of fused-ring (bicyclic) bond motifs is 2. The van der Waals surface area contributed by atoms with Crippen LogP contribution in [0.15, 0.2) is 24.3 Å². The van der Waals surface area contributed by atoms with Crippen LogP contribution in [0.4, 0.5) is 11.4 Å². The zero-order valence-corrected chi connectivity index (χ0v) is 12.2. The SMILES string of the molecule is Cc1ccc2c(c1C)Oc1c(ccc(C)c1C)N2C. The van der Waals surface area contributed by atoms with Crippen molar-refractivity contribution in [2.75, 3.05) is 11.9 Å². The number of ether oxygens (including phenoxy) is 1. The fraction of sp³-hybridized carbons (Fsp3) is 0.294. The molecule has 0 bridgehead atoms. The highest BCUT2D eigenvalue weighted by atomic mass is 16.5. The molecule has 0 unspecified atom stereocenters. The van der Waals surface area contributed by atoms with Crippen molar-refractivity contribution in [1.29, 1.82) is 0 Å². The van der Waals surface area contributed by atoms with E-state index in [1.165, 1.54) is 22.3 Å². The summed E-state index contributed by atoms with van der Waals surface area (Å²) >= 11 is 0. The van der Waals surface area contributed by atoms with Crippen LogP contribution >= 0.6 is 0 Å². The summed E-state index contributed by atoms with van der Waals surface area (Å²) in [5.74, 6) is 1.98. The minimum atomic E-state index is 0.990. The van der Waals surface area contributed by atoms with E-state index in [4.69, 9.17) is 4.74 Å². The molecule has 0 saturated heterocycles. The van der Waals surface area contributed by atoms with Crippen molar-refractivity contribution in [3.8, 4) is 11.5 Å². The smallest absolute Gasteiger partial charge is 0.154 e. The van der Waals surface area contributed by atoms with Gasteiger partial charge in [-0.2, -0.15) is 0 Å². The van der Waals surface area contributed by atoms with Gasteiger partial charge >= 0.3 is 0 Å². The van der Waals surface area contributed by atoms with Gasteiger partial charge in [0.2, 0.25) is 0 Å². The minimum Gasteiger partial charge on any atom is -0.452 e. The monoisotopic (exact) mass is 253 g/mol. The van der Waals surface area contributed by atoms with Crippen LogP contribution in [-0.4, -0.2) is 7.05 Å². The lowest BCUT2D eigenvalue weighted by molar-refractivity contribution is 0.467. The van der Waals surface area contributed by atoms with Gasteiger partial charge in [0.25, 0.3) is 0 Å². The van der Waals surface area contributed by atoms with E-state index in [2.05, 4.69) is 63.9 Å². The van der Waals surface area contributed by atoms with Crippen LogP contribution < -0.4 is 9.64 Å². The third-order valence-electron chi connectivity index (χ3n) is 4.24. The van der Waals surface area contributed by atoms with Crippen molar-refractivity contribution in [2.24, 2.45) is 0 Å². The second kappa shape index (κ2) is 4.02. The van der Waals surface area contributed by atoms with E-state index in [1.807, 2.05) is 0 Å². The molecular formula is C17H19NO. The summed E-state index contributed by atoms with van der Waals surface area (Å²) in [5.41, 5.74) is 7.24. The number of hydrogen-bond acceptors (Lipinski definition) is 2. The summed E-state index contributed by atoms with van der Waals surface area (Å²) in [6.07, 6.45) is 0. The van der Waals surface area contributed by atoms with Gasteiger partial charge in [-0.15, -0.1) is 0 Å². The summed E-state index contributed by atoms with van der Waals surface area (Å²) in [6, 6.07) is 8.58. The standard InChI is InChI=1S/C17H19NO/c1-10-6-8-14-16(12(10)3)19-17-13(4)11(2)7-9-15(17)18(14)5/h6-9H,1-5H3. The van der Waals surface area contributed by atoms with Gasteiger partial charge < -0.3 is 9.64 Å². The Hall–Kier alpha value is -1.96. The molecule has 2 aromatic carbocycles. The molecule has 1 aliphatic rings. The average molecular weight is 253 g/mol. The highest BCUT2D eigenvalue weighted by molar-refractivity contribution is 5.80. The number of rotatable bonds is 0. The molecule has 0 aromatic heterocycles. The second-order valence-electron chi connectivity index (χ2n) is 5.37. The van der Waals surface area contributed by atoms with Crippen molar-refractivity contribution in [3.05, 3.63) is 46.5 Å². The Morgan fingerprint density at radius 2 is 1.16 bits per heavy atom. The molecule has 98 valence electrons. The molecule has 3 rings (SSSR count). The molecule has 0 amide bonds. The van der Waals surface area contributed by atoms with Crippen LogP contribution in [-0.2, 0) is 0 Å². The number of benzene rings is 2. The maximum absolute atomic E-state index is 6.23. The van der Waals surface area contributed by atoms with Gasteiger partial charge in [-0.1, -0.05) is 12.1 Å². The third-order valence-corrected chi connectivity index (χ3v) is 4.24. The van der Waals surface area contributed by atoms with E-state index >= 15 is 0 Å². The summed E-state index contributed by atoms with van der Waals surface area (Å²) in [6.45, 7) is 8.49. The molecule has 2 heteroatoms. The Morgan fingerprint density at radius 3 is 1.58 bits per heavy atom. The highest BCUT2D eigenvalue weighted by Gasteiger charge is 2.25. The predicted molar refractivity (Wildman–Crippen MR) is 80.0 cm³/mol. The van der Waals surface area contributed by atoms with Gasteiger partial charge in [0, 0.05) is 7.05 Å². The van der Waals surface area contributed by atoms with Gasteiger partial charge in [0.15, 0.2) is 11.5 Å². The number of aryl methyl sites for hydroxylation is 2. The normalized spacial score (nSPS) is 12.8. The van der Waals surface area contributed by atoms with E-state index in [1.54, 1.807) is 0 Å². The van der Waals surface area contributed by atoms with Crippen LogP contribution in [0.1, 0.15) is 22.3 Å². The Kier molecular flexibility index (Phi) is 2.56. The molecule has 0 aliphatic carbocycles. The van der Waals surface area contributed by atoms with Gasteiger partial charge in [0.05, 0.1) is 11.4 Å². The van der Waals surface area contributed by atoms with Crippen LogP contribution in [0, 0.1) is 27.7 Å². The van der Waals surface area contributed by atoms with Crippen molar-refractivity contribution >= 4 is 11.4 Å². The van der Waals surface area contributed by atoms with E-state index in [0.717, 1.165) is 22.9 Å². The van der Waals surface area contributed by atoms with E-state index < -0.39 is 0 Å². The van der Waals surface area contributed by atoms with Gasteiger partial charge in [-0.05, 0) is 62.1 Å².